The van der Waals surface area contributed by atoms with Crippen molar-refractivity contribution in [1.29, 1.82) is 0 Å². The van der Waals surface area contributed by atoms with Gasteiger partial charge in [0.15, 0.2) is 0 Å². The Morgan fingerprint density at radius 1 is 1.11 bits per heavy atom. The predicted molar refractivity (Wildman–Crippen MR) is 76.4 cm³/mol. The summed E-state index contributed by atoms with van der Waals surface area (Å²) in [6, 6.07) is 0.133. The maximum atomic E-state index is 12.1. The predicted octanol–water partition coefficient (Wildman–Crippen LogP) is 1.45. The van der Waals surface area contributed by atoms with E-state index < -0.39 is 10.0 Å². The molecule has 0 heterocycles. The number of hydrogen-bond donors (Lipinski definition) is 0. The first-order valence-corrected chi connectivity index (χ1v) is 8.99. The molecule has 6 heteroatoms. The summed E-state index contributed by atoms with van der Waals surface area (Å²) in [6.07, 6.45) is 5.24. The van der Waals surface area contributed by atoms with Crippen LogP contribution in [0.25, 0.3) is 0 Å². The fourth-order valence-corrected chi connectivity index (χ4v) is 3.42. The zero-order valence-electron chi connectivity index (χ0n) is 12.3. The van der Waals surface area contributed by atoms with Crippen molar-refractivity contribution in [2.75, 3.05) is 25.9 Å². The average molecular weight is 290 g/mol. The van der Waals surface area contributed by atoms with E-state index in [0.29, 0.717) is 13.0 Å². The fourth-order valence-electron chi connectivity index (χ4n) is 2.25. The van der Waals surface area contributed by atoms with E-state index in [1.807, 2.05) is 18.7 Å². The highest BCUT2D eigenvalue weighted by Crippen LogP contribution is 2.28. The Balaban J connectivity index is 2.50. The van der Waals surface area contributed by atoms with E-state index in [1.54, 1.807) is 0 Å². The lowest BCUT2D eigenvalue weighted by Crippen LogP contribution is -2.38. The molecule has 1 aliphatic carbocycles. The first-order valence-electron chi connectivity index (χ1n) is 7.14. The van der Waals surface area contributed by atoms with Crippen molar-refractivity contribution in [3.8, 4) is 0 Å². The minimum atomic E-state index is -3.19. The van der Waals surface area contributed by atoms with Gasteiger partial charge in [-0.15, -0.1) is 0 Å². The average Bonchev–Trinajstić information content (AvgIpc) is 3.11. The van der Waals surface area contributed by atoms with Crippen LogP contribution in [0.1, 0.15) is 46.0 Å². The molecule has 0 aromatic rings. The van der Waals surface area contributed by atoms with Crippen molar-refractivity contribution in [3.63, 3.8) is 0 Å². The molecule has 0 unspecified atom stereocenters. The Bertz CT molecular complexity index is 385. The van der Waals surface area contributed by atoms with Crippen molar-refractivity contribution < 1.29 is 13.2 Å². The van der Waals surface area contributed by atoms with Crippen LogP contribution in [0.2, 0.25) is 0 Å². The Kier molecular flexibility index (Phi) is 6.26. The van der Waals surface area contributed by atoms with Gasteiger partial charge in [-0.2, -0.15) is 4.31 Å². The topological polar surface area (TPSA) is 57.7 Å². The van der Waals surface area contributed by atoms with Crippen molar-refractivity contribution in [1.82, 2.24) is 9.21 Å². The summed E-state index contributed by atoms with van der Waals surface area (Å²) in [5.41, 5.74) is 0. The van der Waals surface area contributed by atoms with E-state index >= 15 is 0 Å². The first-order chi connectivity index (χ1) is 8.90. The van der Waals surface area contributed by atoms with Crippen LogP contribution in [-0.4, -0.2) is 55.5 Å². The molecule has 0 radical (unpaired) electrons. The highest BCUT2D eigenvalue weighted by molar-refractivity contribution is 7.88. The molecule has 0 N–H and O–H groups in total. The summed E-state index contributed by atoms with van der Waals surface area (Å²) in [4.78, 5) is 13.9. The van der Waals surface area contributed by atoms with Gasteiger partial charge >= 0.3 is 0 Å². The fraction of sp³-hybridized carbons (Fsp3) is 0.923. The number of carbonyl (C=O) groups excluding carboxylic acids is 1. The third-order valence-electron chi connectivity index (χ3n) is 3.27. The van der Waals surface area contributed by atoms with Crippen molar-refractivity contribution in [3.05, 3.63) is 0 Å². The molecule has 0 aliphatic heterocycles. The second-order valence-electron chi connectivity index (χ2n) is 5.24. The lowest BCUT2D eigenvalue weighted by Gasteiger charge is -2.24. The van der Waals surface area contributed by atoms with Crippen LogP contribution in [0.4, 0.5) is 0 Å². The van der Waals surface area contributed by atoms with Gasteiger partial charge in [0.25, 0.3) is 0 Å². The zero-order valence-corrected chi connectivity index (χ0v) is 13.1. The van der Waals surface area contributed by atoms with Gasteiger partial charge in [-0.3, -0.25) is 4.79 Å². The Morgan fingerprint density at radius 2 is 1.63 bits per heavy atom. The van der Waals surface area contributed by atoms with E-state index in [0.717, 1.165) is 38.8 Å². The van der Waals surface area contributed by atoms with Crippen LogP contribution in [0, 0.1) is 0 Å². The van der Waals surface area contributed by atoms with E-state index in [4.69, 9.17) is 0 Å². The van der Waals surface area contributed by atoms with Gasteiger partial charge in [0.05, 0.1) is 6.26 Å². The van der Waals surface area contributed by atoms with Gasteiger partial charge in [0.1, 0.15) is 0 Å². The zero-order chi connectivity index (χ0) is 14.5. The third-order valence-corrected chi connectivity index (χ3v) is 4.60. The lowest BCUT2D eigenvalue weighted by atomic mass is 10.3. The number of nitrogens with zero attached hydrogens (tertiary/aromatic N) is 2. The summed E-state index contributed by atoms with van der Waals surface area (Å²) < 4.78 is 24.8. The molecule has 1 saturated carbocycles. The molecule has 5 nitrogen and oxygen atoms in total. The molecule has 1 fully saturated rings. The first kappa shape index (κ1) is 16.4. The summed E-state index contributed by atoms with van der Waals surface area (Å²) in [5, 5.41) is 0. The number of rotatable bonds is 9. The van der Waals surface area contributed by atoms with Gasteiger partial charge in [0, 0.05) is 32.1 Å². The second-order valence-corrected chi connectivity index (χ2v) is 7.17. The van der Waals surface area contributed by atoms with Crippen LogP contribution in [0.15, 0.2) is 0 Å². The van der Waals surface area contributed by atoms with Crippen LogP contribution in [0.5, 0.6) is 0 Å². The second kappa shape index (κ2) is 7.24. The molecule has 0 atom stereocenters. The maximum Gasteiger partial charge on any atom is 0.223 e. The number of amides is 1. The SMILES string of the molecule is CCCN(CCC)C(=O)CCN(C1CC1)S(C)(=O)=O. The lowest BCUT2D eigenvalue weighted by molar-refractivity contribution is -0.131. The maximum absolute atomic E-state index is 12.1. The molecule has 0 saturated heterocycles. The third kappa shape index (κ3) is 5.48. The van der Waals surface area contributed by atoms with Crippen molar-refractivity contribution >= 4 is 15.9 Å². The highest BCUT2D eigenvalue weighted by atomic mass is 32.2. The Hall–Kier alpha value is -0.620. The molecule has 0 aromatic carbocycles. The van der Waals surface area contributed by atoms with Gasteiger partial charge in [-0.25, -0.2) is 8.42 Å². The summed E-state index contributed by atoms with van der Waals surface area (Å²) in [5.74, 6) is 0.0676. The molecule has 1 rings (SSSR count). The number of hydrogen-bond acceptors (Lipinski definition) is 3. The number of carbonyl (C=O) groups is 1. The largest absolute Gasteiger partial charge is 0.343 e. The molecule has 0 spiro atoms. The van der Waals surface area contributed by atoms with Gasteiger partial charge in [-0.05, 0) is 25.7 Å². The van der Waals surface area contributed by atoms with Crippen LogP contribution >= 0.6 is 0 Å². The van der Waals surface area contributed by atoms with Crippen molar-refractivity contribution in [2.24, 2.45) is 0 Å². The Morgan fingerprint density at radius 3 is 2.00 bits per heavy atom. The minimum Gasteiger partial charge on any atom is -0.343 e. The van der Waals surface area contributed by atoms with Gasteiger partial charge < -0.3 is 4.90 Å². The molecule has 1 amide bonds. The van der Waals surface area contributed by atoms with Crippen LogP contribution in [0.3, 0.4) is 0 Å². The highest BCUT2D eigenvalue weighted by Gasteiger charge is 2.35. The minimum absolute atomic E-state index is 0.0676. The van der Waals surface area contributed by atoms with E-state index in [2.05, 4.69) is 0 Å². The normalized spacial score (nSPS) is 15.8. The monoisotopic (exact) mass is 290 g/mol. The summed E-state index contributed by atoms with van der Waals surface area (Å²) in [6.45, 7) is 5.93. The molecular formula is C13H26N2O3S. The van der Waals surface area contributed by atoms with Crippen molar-refractivity contribution in [2.45, 2.75) is 52.0 Å². The Labute approximate surface area is 117 Å². The van der Waals surface area contributed by atoms with Crippen LogP contribution < -0.4 is 0 Å². The molecular weight excluding hydrogens is 264 g/mol. The molecule has 1 aliphatic rings. The quantitative estimate of drug-likeness (QED) is 0.646. The molecule has 19 heavy (non-hydrogen) atoms. The standard InChI is InChI=1S/C13H26N2O3S/c1-4-9-14(10-5-2)13(16)8-11-15(12-6-7-12)19(3,17)18/h12H,4-11H2,1-3H3. The molecule has 0 aromatic heterocycles. The number of sulfonamides is 1. The van der Waals surface area contributed by atoms with Gasteiger partial charge in [0.2, 0.25) is 15.9 Å². The molecule has 0 bridgehead atoms. The summed E-state index contributed by atoms with van der Waals surface area (Å²) in [7, 11) is -3.19. The van der Waals surface area contributed by atoms with Crippen LogP contribution in [-0.2, 0) is 14.8 Å². The smallest absolute Gasteiger partial charge is 0.223 e. The van der Waals surface area contributed by atoms with E-state index in [1.165, 1.54) is 10.6 Å². The van der Waals surface area contributed by atoms with E-state index in [-0.39, 0.29) is 11.9 Å². The van der Waals surface area contributed by atoms with E-state index in [9.17, 15) is 13.2 Å². The summed E-state index contributed by atoms with van der Waals surface area (Å²) >= 11 is 0. The molecule has 112 valence electrons. The van der Waals surface area contributed by atoms with Gasteiger partial charge in [-0.1, -0.05) is 13.8 Å².